The molecule has 0 spiro atoms. The SMILES string of the molecule is O=C1COc2ccc(C(=O)COC(=O)/C=C/c3ccsc3)cc2N1. The van der Waals surface area contributed by atoms with Crippen LogP contribution < -0.4 is 10.1 Å². The fourth-order valence-corrected chi connectivity index (χ4v) is 2.69. The molecule has 1 aromatic heterocycles. The number of ketones is 1. The van der Waals surface area contributed by atoms with Crippen molar-refractivity contribution in [3.05, 3.63) is 52.2 Å². The molecule has 3 rings (SSSR count). The van der Waals surface area contributed by atoms with E-state index in [9.17, 15) is 14.4 Å². The van der Waals surface area contributed by atoms with E-state index in [4.69, 9.17) is 9.47 Å². The van der Waals surface area contributed by atoms with E-state index in [-0.39, 0.29) is 24.9 Å². The number of Topliss-reactive ketones (excluding diaryl/α,β-unsaturated/α-hetero) is 1. The van der Waals surface area contributed by atoms with Gasteiger partial charge in [0.15, 0.2) is 19.0 Å². The third-order valence-corrected chi connectivity index (χ3v) is 3.94. The molecule has 0 fully saturated rings. The normalized spacial score (nSPS) is 13.1. The van der Waals surface area contributed by atoms with Crippen LogP contribution in [0.1, 0.15) is 15.9 Å². The van der Waals surface area contributed by atoms with Crippen molar-refractivity contribution in [2.24, 2.45) is 0 Å². The second-order valence-corrected chi connectivity index (χ2v) is 5.75. The van der Waals surface area contributed by atoms with Gasteiger partial charge >= 0.3 is 5.97 Å². The highest BCUT2D eigenvalue weighted by atomic mass is 32.1. The summed E-state index contributed by atoms with van der Waals surface area (Å²) in [6, 6.07) is 6.53. The fraction of sp³-hybridized carbons (Fsp3) is 0.118. The number of nitrogens with one attached hydrogen (secondary N) is 1. The molecule has 2 aromatic rings. The van der Waals surface area contributed by atoms with Crippen molar-refractivity contribution in [3.63, 3.8) is 0 Å². The van der Waals surface area contributed by atoms with Crippen molar-refractivity contribution in [1.29, 1.82) is 0 Å². The molecule has 0 saturated carbocycles. The molecule has 1 aliphatic heterocycles. The van der Waals surface area contributed by atoms with Crippen LogP contribution >= 0.6 is 11.3 Å². The summed E-state index contributed by atoms with van der Waals surface area (Å²) in [7, 11) is 0. The molecule has 6 nitrogen and oxygen atoms in total. The maximum Gasteiger partial charge on any atom is 0.331 e. The average Bonchev–Trinajstić information content (AvgIpc) is 3.10. The van der Waals surface area contributed by atoms with Crippen LogP contribution in [-0.2, 0) is 14.3 Å². The molecule has 1 amide bonds. The number of anilines is 1. The van der Waals surface area contributed by atoms with Gasteiger partial charge in [-0.05, 0) is 46.7 Å². The number of carbonyl (C=O) groups is 3. The minimum Gasteiger partial charge on any atom is -0.482 e. The minimum absolute atomic E-state index is 0.0473. The van der Waals surface area contributed by atoms with Gasteiger partial charge in [-0.15, -0.1) is 0 Å². The maximum atomic E-state index is 12.1. The van der Waals surface area contributed by atoms with Gasteiger partial charge in [0.25, 0.3) is 5.91 Å². The molecule has 24 heavy (non-hydrogen) atoms. The summed E-state index contributed by atoms with van der Waals surface area (Å²) in [5.74, 6) is -0.738. The first-order chi connectivity index (χ1) is 11.6. The van der Waals surface area contributed by atoms with E-state index >= 15 is 0 Å². The van der Waals surface area contributed by atoms with Crippen LogP contribution in [0.2, 0.25) is 0 Å². The highest BCUT2D eigenvalue weighted by molar-refractivity contribution is 7.08. The summed E-state index contributed by atoms with van der Waals surface area (Å²) in [6.45, 7) is -0.422. The summed E-state index contributed by atoms with van der Waals surface area (Å²) in [4.78, 5) is 35.0. The standard InChI is InChI=1S/C17H13NO5S/c19-14(8-23-17(21)4-1-11-5-6-24-10-11)12-2-3-15-13(7-12)18-16(20)9-22-15/h1-7,10H,8-9H2,(H,18,20)/b4-1+. The highest BCUT2D eigenvalue weighted by Gasteiger charge is 2.18. The fourth-order valence-electron chi connectivity index (χ4n) is 2.06. The van der Waals surface area contributed by atoms with E-state index in [1.807, 2.05) is 16.8 Å². The van der Waals surface area contributed by atoms with Crippen LogP contribution in [-0.4, -0.2) is 30.9 Å². The summed E-state index contributed by atoms with van der Waals surface area (Å²) < 4.78 is 10.2. The number of benzene rings is 1. The van der Waals surface area contributed by atoms with Crippen LogP contribution in [0.4, 0.5) is 5.69 Å². The maximum absolute atomic E-state index is 12.1. The highest BCUT2D eigenvalue weighted by Crippen LogP contribution is 2.28. The number of rotatable bonds is 5. The molecule has 0 bridgehead atoms. The third kappa shape index (κ3) is 3.88. The summed E-state index contributed by atoms with van der Waals surface area (Å²) in [5, 5.41) is 6.41. The lowest BCUT2D eigenvalue weighted by molar-refractivity contribution is -0.136. The molecule has 1 aromatic carbocycles. The van der Waals surface area contributed by atoms with Gasteiger partial charge in [-0.1, -0.05) is 0 Å². The van der Waals surface area contributed by atoms with Crippen molar-refractivity contribution in [3.8, 4) is 5.75 Å². The molecule has 0 radical (unpaired) electrons. The van der Waals surface area contributed by atoms with Gasteiger partial charge in [0.1, 0.15) is 5.75 Å². The molecular formula is C17H13NO5S. The number of hydrogen-bond acceptors (Lipinski definition) is 6. The molecule has 2 heterocycles. The van der Waals surface area contributed by atoms with Crippen molar-refractivity contribution in [2.75, 3.05) is 18.5 Å². The smallest absolute Gasteiger partial charge is 0.331 e. The van der Waals surface area contributed by atoms with E-state index in [1.165, 1.54) is 23.5 Å². The minimum atomic E-state index is -0.593. The number of hydrogen-bond donors (Lipinski definition) is 1. The van der Waals surface area contributed by atoms with E-state index in [2.05, 4.69) is 5.32 Å². The van der Waals surface area contributed by atoms with Gasteiger partial charge in [0, 0.05) is 11.6 Å². The molecule has 0 unspecified atom stereocenters. The quantitative estimate of drug-likeness (QED) is 0.512. The molecule has 1 aliphatic rings. The van der Waals surface area contributed by atoms with Crippen LogP contribution in [0.25, 0.3) is 6.08 Å². The number of thiophene rings is 1. The lowest BCUT2D eigenvalue weighted by Gasteiger charge is -2.18. The number of amides is 1. The Bertz CT molecular complexity index is 810. The predicted molar refractivity (Wildman–Crippen MR) is 89.2 cm³/mol. The molecule has 7 heteroatoms. The Balaban J connectivity index is 1.58. The van der Waals surface area contributed by atoms with Crippen molar-refractivity contribution >= 4 is 40.8 Å². The largest absolute Gasteiger partial charge is 0.482 e. The summed E-state index contributed by atoms with van der Waals surface area (Å²) in [5.41, 5.74) is 1.66. The molecule has 1 N–H and O–H groups in total. The Morgan fingerprint density at radius 1 is 1.33 bits per heavy atom. The van der Waals surface area contributed by atoms with Gasteiger partial charge in [-0.2, -0.15) is 11.3 Å². The lowest BCUT2D eigenvalue weighted by atomic mass is 10.1. The first kappa shape index (κ1) is 15.9. The van der Waals surface area contributed by atoms with E-state index < -0.39 is 5.97 Å². The Kier molecular flexibility index (Phi) is 4.72. The van der Waals surface area contributed by atoms with E-state index in [0.717, 1.165) is 5.56 Å². The van der Waals surface area contributed by atoms with Crippen molar-refractivity contribution in [1.82, 2.24) is 0 Å². The van der Waals surface area contributed by atoms with Crippen LogP contribution in [0.3, 0.4) is 0 Å². The Labute approximate surface area is 141 Å². The number of carbonyl (C=O) groups excluding carboxylic acids is 3. The van der Waals surface area contributed by atoms with Crippen LogP contribution in [0.5, 0.6) is 5.75 Å². The van der Waals surface area contributed by atoms with Crippen molar-refractivity contribution in [2.45, 2.75) is 0 Å². The molecular weight excluding hydrogens is 330 g/mol. The Morgan fingerprint density at radius 3 is 3.00 bits per heavy atom. The second kappa shape index (κ2) is 7.10. The van der Waals surface area contributed by atoms with Gasteiger partial charge in [0.05, 0.1) is 5.69 Å². The lowest BCUT2D eigenvalue weighted by Crippen LogP contribution is -2.25. The van der Waals surface area contributed by atoms with E-state index in [0.29, 0.717) is 17.0 Å². The first-order valence-corrected chi connectivity index (χ1v) is 8.03. The predicted octanol–water partition coefficient (Wildman–Crippen LogP) is 2.52. The molecule has 0 saturated heterocycles. The van der Waals surface area contributed by atoms with Gasteiger partial charge in [0.2, 0.25) is 0 Å². The zero-order chi connectivity index (χ0) is 16.9. The number of ether oxygens (including phenoxy) is 2. The summed E-state index contributed by atoms with van der Waals surface area (Å²) in [6.07, 6.45) is 2.89. The third-order valence-electron chi connectivity index (χ3n) is 3.23. The average molecular weight is 343 g/mol. The Morgan fingerprint density at radius 2 is 2.21 bits per heavy atom. The molecule has 0 atom stereocenters. The summed E-state index contributed by atoms with van der Waals surface area (Å²) >= 11 is 1.52. The van der Waals surface area contributed by atoms with Crippen LogP contribution in [0, 0.1) is 0 Å². The second-order valence-electron chi connectivity index (χ2n) is 4.97. The zero-order valence-electron chi connectivity index (χ0n) is 12.5. The van der Waals surface area contributed by atoms with Gasteiger partial charge in [-0.25, -0.2) is 4.79 Å². The van der Waals surface area contributed by atoms with Crippen molar-refractivity contribution < 1.29 is 23.9 Å². The number of esters is 1. The topological polar surface area (TPSA) is 81.7 Å². The monoisotopic (exact) mass is 343 g/mol. The zero-order valence-corrected chi connectivity index (χ0v) is 13.3. The Hall–Kier alpha value is -2.93. The van der Waals surface area contributed by atoms with E-state index in [1.54, 1.807) is 18.2 Å². The van der Waals surface area contributed by atoms with Gasteiger partial charge < -0.3 is 14.8 Å². The van der Waals surface area contributed by atoms with Crippen LogP contribution in [0.15, 0.2) is 41.1 Å². The number of fused-ring (bicyclic) bond motifs is 1. The molecule has 0 aliphatic carbocycles. The molecule has 122 valence electrons. The first-order valence-electron chi connectivity index (χ1n) is 7.09. The van der Waals surface area contributed by atoms with Gasteiger partial charge in [-0.3, -0.25) is 9.59 Å².